The minimum Gasteiger partial charge on any atom is -0.481 e. The fourth-order valence-corrected chi connectivity index (χ4v) is 3.20. The third-order valence-corrected chi connectivity index (χ3v) is 4.83. The number of rotatable bonds is 7. The van der Waals surface area contributed by atoms with E-state index in [2.05, 4.69) is 5.32 Å². The van der Waals surface area contributed by atoms with Crippen LogP contribution >= 0.6 is 0 Å². The highest BCUT2D eigenvalue weighted by molar-refractivity contribution is 5.82. The van der Waals surface area contributed by atoms with Gasteiger partial charge in [0.2, 0.25) is 5.91 Å². The highest BCUT2D eigenvalue weighted by Crippen LogP contribution is 2.30. The van der Waals surface area contributed by atoms with E-state index in [1.54, 1.807) is 0 Å². The number of hydrogen-bond donors (Lipinski definition) is 2. The van der Waals surface area contributed by atoms with Gasteiger partial charge in [0.15, 0.2) is 0 Å². The van der Waals surface area contributed by atoms with Crippen molar-refractivity contribution in [2.75, 3.05) is 19.8 Å². The van der Waals surface area contributed by atoms with Gasteiger partial charge >= 0.3 is 5.97 Å². The molecule has 22 heavy (non-hydrogen) atoms. The van der Waals surface area contributed by atoms with Crippen molar-refractivity contribution in [3.05, 3.63) is 0 Å². The molecule has 1 saturated carbocycles. The lowest BCUT2D eigenvalue weighted by Gasteiger charge is -2.33. The highest BCUT2D eigenvalue weighted by Gasteiger charge is 2.41. The minimum atomic E-state index is -0.903. The second-order valence-corrected chi connectivity index (χ2v) is 6.36. The Morgan fingerprint density at radius 1 is 1.32 bits per heavy atom. The Bertz CT molecular complexity index is 386. The van der Waals surface area contributed by atoms with Gasteiger partial charge in [-0.15, -0.1) is 0 Å². The summed E-state index contributed by atoms with van der Waals surface area (Å²) in [5.74, 6) is -1.05. The summed E-state index contributed by atoms with van der Waals surface area (Å²) in [7, 11) is 0. The zero-order valence-electron chi connectivity index (χ0n) is 13.3. The maximum Gasteiger partial charge on any atom is 0.311 e. The Morgan fingerprint density at radius 3 is 2.50 bits per heavy atom. The van der Waals surface area contributed by atoms with Gasteiger partial charge in [-0.05, 0) is 32.1 Å². The zero-order valence-corrected chi connectivity index (χ0v) is 13.3. The number of carbonyl (C=O) groups excluding carboxylic acids is 1. The van der Waals surface area contributed by atoms with Crippen molar-refractivity contribution < 1.29 is 24.2 Å². The minimum absolute atomic E-state index is 0.148. The maximum atomic E-state index is 12.3. The quantitative estimate of drug-likeness (QED) is 0.747. The number of hydrogen-bond acceptors (Lipinski definition) is 4. The van der Waals surface area contributed by atoms with Crippen LogP contribution in [0.15, 0.2) is 0 Å². The first-order valence-electron chi connectivity index (χ1n) is 8.32. The highest BCUT2D eigenvalue weighted by atomic mass is 16.5. The largest absolute Gasteiger partial charge is 0.481 e. The molecule has 6 heteroatoms. The first kappa shape index (κ1) is 17.2. The van der Waals surface area contributed by atoms with Crippen LogP contribution in [-0.4, -0.2) is 48.9 Å². The molecule has 2 N–H and O–H groups in total. The number of ether oxygens (including phenoxy) is 2. The molecule has 0 aromatic rings. The third kappa shape index (κ3) is 4.20. The van der Waals surface area contributed by atoms with Crippen LogP contribution < -0.4 is 5.32 Å². The van der Waals surface area contributed by atoms with Crippen molar-refractivity contribution in [2.24, 2.45) is 5.41 Å². The number of carbonyl (C=O) groups is 2. The van der Waals surface area contributed by atoms with Crippen LogP contribution in [0, 0.1) is 5.41 Å². The van der Waals surface area contributed by atoms with Gasteiger partial charge in [0.1, 0.15) is 6.10 Å². The van der Waals surface area contributed by atoms with E-state index in [0.717, 1.165) is 25.7 Å². The fraction of sp³-hybridized carbons (Fsp3) is 0.875. The van der Waals surface area contributed by atoms with Crippen molar-refractivity contribution in [3.63, 3.8) is 0 Å². The Hall–Kier alpha value is -1.14. The van der Waals surface area contributed by atoms with Gasteiger partial charge in [-0.1, -0.05) is 19.8 Å². The van der Waals surface area contributed by atoms with Gasteiger partial charge in [0, 0.05) is 19.8 Å². The summed E-state index contributed by atoms with van der Waals surface area (Å²) in [6, 6.07) is 0. The molecule has 1 unspecified atom stereocenters. The molecule has 6 nitrogen and oxygen atoms in total. The van der Waals surface area contributed by atoms with Crippen LogP contribution in [0.3, 0.4) is 0 Å². The molecule has 2 aliphatic rings. The maximum absolute atomic E-state index is 12.3. The Kier molecular flexibility index (Phi) is 6.20. The lowest BCUT2D eigenvalue weighted by atomic mass is 9.80. The lowest BCUT2D eigenvalue weighted by molar-refractivity contribution is -0.155. The summed E-state index contributed by atoms with van der Waals surface area (Å²) in [5.41, 5.74) is -0.903. The van der Waals surface area contributed by atoms with E-state index in [-0.39, 0.29) is 18.6 Å². The number of carboxylic acids is 1. The number of carboxylic acid groups (broad SMARTS) is 1. The molecule has 2 rings (SSSR count). The van der Waals surface area contributed by atoms with E-state index in [4.69, 9.17) is 9.47 Å². The van der Waals surface area contributed by atoms with Crippen molar-refractivity contribution >= 4 is 11.9 Å². The normalized spacial score (nSPS) is 23.1. The lowest BCUT2D eigenvalue weighted by Crippen LogP contribution is -2.49. The SMILES string of the molecule is CCC(OC1CCCC1)C(=O)NCC1(C(=O)O)CCOCC1. The van der Waals surface area contributed by atoms with Gasteiger partial charge in [0.05, 0.1) is 11.5 Å². The molecule has 0 aromatic carbocycles. The molecule has 1 atom stereocenters. The first-order chi connectivity index (χ1) is 10.6. The molecule has 0 aromatic heterocycles. The number of amides is 1. The van der Waals surface area contributed by atoms with Gasteiger partial charge in [-0.3, -0.25) is 9.59 Å². The molecule has 1 saturated heterocycles. The molecule has 1 amide bonds. The monoisotopic (exact) mass is 313 g/mol. The van der Waals surface area contributed by atoms with E-state index in [9.17, 15) is 14.7 Å². The van der Waals surface area contributed by atoms with Crippen molar-refractivity contribution in [1.82, 2.24) is 5.32 Å². The van der Waals surface area contributed by atoms with E-state index >= 15 is 0 Å². The fourth-order valence-electron chi connectivity index (χ4n) is 3.20. The molecule has 1 heterocycles. The smallest absolute Gasteiger partial charge is 0.311 e. The summed E-state index contributed by atoms with van der Waals surface area (Å²) in [6.45, 7) is 2.92. The summed E-state index contributed by atoms with van der Waals surface area (Å²) in [6.07, 6.45) is 5.51. The molecule has 2 fully saturated rings. The zero-order chi connectivity index (χ0) is 16.0. The van der Waals surface area contributed by atoms with E-state index < -0.39 is 17.5 Å². The second kappa shape index (κ2) is 7.92. The molecule has 1 aliphatic heterocycles. The Balaban J connectivity index is 1.87. The topological polar surface area (TPSA) is 84.9 Å². The van der Waals surface area contributed by atoms with Crippen molar-refractivity contribution in [2.45, 2.75) is 64.1 Å². The summed E-state index contributed by atoms with van der Waals surface area (Å²) in [5, 5.41) is 12.3. The van der Waals surface area contributed by atoms with Crippen LogP contribution in [0.2, 0.25) is 0 Å². The summed E-state index contributed by atoms with van der Waals surface area (Å²) < 4.78 is 11.1. The summed E-state index contributed by atoms with van der Waals surface area (Å²) in [4.78, 5) is 23.9. The summed E-state index contributed by atoms with van der Waals surface area (Å²) >= 11 is 0. The van der Waals surface area contributed by atoms with Gasteiger partial charge in [0.25, 0.3) is 0 Å². The van der Waals surface area contributed by atoms with E-state index in [1.807, 2.05) is 6.92 Å². The van der Waals surface area contributed by atoms with Crippen molar-refractivity contribution in [1.29, 1.82) is 0 Å². The van der Waals surface area contributed by atoms with Crippen molar-refractivity contribution in [3.8, 4) is 0 Å². The average molecular weight is 313 g/mol. The standard InChI is InChI=1S/C16H27NO5/c1-2-13(22-12-5-3-4-6-12)14(18)17-11-16(15(19)20)7-9-21-10-8-16/h12-13H,2-11H2,1H3,(H,17,18)(H,19,20). The van der Waals surface area contributed by atoms with Crippen LogP contribution in [-0.2, 0) is 19.1 Å². The molecule has 0 radical (unpaired) electrons. The third-order valence-electron chi connectivity index (χ3n) is 4.83. The Labute approximate surface area is 131 Å². The van der Waals surface area contributed by atoms with E-state index in [0.29, 0.717) is 32.5 Å². The molecule has 1 aliphatic carbocycles. The average Bonchev–Trinajstić information content (AvgIpc) is 3.04. The van der Waals surface area contributed by atoms with Crippen LogP contribution in [0.4, 0.5) is 0 Å². The van der Waals surface area contributed by atoms with Gasteiger partial charge in [-0.2, -0.15) is 0 Å². The molecule has 0 spiro atoms. The molecular weight excluding hydrogens is 286 g/mol. The second-order valence-electron chi connectivity index (χ2n) is 6.36. The van der Waals surface area contributed by atoms with Crippen LogP contribution in [0.25, 0.3) is 0 Å². The van der Waals surface area contributed by atoms with Crippen LogP contribution in [0.5, 0.6) is 0 Å². The van der Waals surface area contributed by atoms with Gasteiger partial charge < -0.3 is 19.9 Å². The predicted octanol–water partition coefficient (Wildman–Crippen LogP) is 1.72. The van der Waals surface area contributed by atoms with Crippen LogP contribution in [0.1, 0.15) is 51.9 Å². The Morgan fingerprint density at radius 2 is 1.95 bits per heavy atom. The number of aliphatic carboxylic acids is 1. The molecular formula is C16H27NO5. The number of nitrogens with one attached hydrogen (secondary N) is 1. The predicted molar refractivity (Wildman–Crippen MR) is 80.6 cm³/mol. The first-order valence-corrected chi connectivity index (χ1v) is 8.32. The molecule has 126 valence electrons. The molecule has 0 bridgehead atoms. The van der Waals surface area contributed by atoms with Gasteiger partial charge in [-0.25, -0.2) is 0 Å². The van der Waals surface area contributed by atoms with E-state index in [1.165, 1.54) is 0 Å².